The van der Waals surface area contributed by atoms with Gasteiger partial charge in [-0.15, -0.1) is 0 Å². The highest BCUT2D eigenvalue weighted by Gasteiger charge is 2.10. The molecule has 3 rings (SSSR count). The van der Waals surface area contributed by atoms with E-state index in [4.69, 9.17) is 18.0 Å². The van der Waals surface area contributed by atoms with Gasteiger partial charge in [-0.25, -0.2) is 9.97 Å². The second kappa shape index (κ2) is 5.46. The molecular weight excluding hydrogens is 280 g/mol. The Kier molecular flexibility index (Phi) is 3.50. The van der Waals surface area contributed by atoms with Crippen LogP contribution in [-0.4, -0.2) is 22.0 Å². The Hall–Kier alpha value is -2.53. The standard InChI is InChI=1S/C16H14N4S/c1-20(12-6-4-5-11(9-12)15(17)21)16-13-7-2-3-8-14(13)18-10-19-16/h2-10H,1H3,(H2,17,21). The lowest BCUT2D eigenvalue weighted by molar-refractivity contribution is 1.11. The fourth-order valence-electron chi connectivity index (χ4n) is 2.25. The number of aromatic nitrogens is 2. The summed E-state index contributed by atoms with van der Waals surface area (Å²) in [5, 5.41) is 1.00. The van der Waals surface area contributed by atoms with Gasteiger partial charge in [0.15, 0.2) is 0 Å². The topological polar surface area (TPSA) is 55.0 Å². The summed E-state index contributed by atoms with van der Waals surface area (Å²) in [6.45, 7) is 0. The number of benzene rings is 2. The number of nitrogens with two attached hydrogens (primary N) is 1. The predicted octanol–water partition coefficient (Wildman–Crippen LogP) is 3.03. The van der Waals surface area contributed by atoms with E-state index in [0.29, 0.717) is 4.99 Å². The average molecular weight is 294 g/mol. The Labute approximate surface area is 128 Å². The lowest BCUT2D eigenvalue weighted by Gasteiger charge is -2.20. The molecule has 0 amide bonds. The molecule has 104 valence electrons. The summed E-state index contributed by atoms with van der Waals surface area (Å²) in [4.78, 5) is 11.1. The highest BCUT2D eigenvalue weighted by atomic mass is 32.1. The van der Waals surface area contributed by atoms with Crippen molar-refractivity contribution < 1.29 is 0 Å². The number of fused-ring (bicyclic) bond motifs is 1. The van der Waals surface area contributed by atoms with Gasteiger partial charge < -0.3 is 10.6 Å². The molecule has 1 heterocycles. The first-order valence-corrected chi connectivity index (χ1v) is 6.91. The van der Waals surface area contributed by atoms with Crippen molar-refractivity contribution in [2.24, 2.45) is 5.73 Å². The molecule has 21 heavy (non-hydrogen) atoms. The van der Waals surface area contributed by atoms with E-state index in [2.05, 4.69) is 9.97 Å². The van der Waals surface area contributed by atoms with Gasteiger partial charge in [-0.05, 0) is 24.3 Å². The van der Waals surface area contributed by atoms with Crippen LogP contribution in [0.1, 0.15) is 5.56 Å². The van der Waals surface area contributed by atoms with Crippen molar-refractivity contribution in [1.82, 2.24) is 9.97 Å². The molecule has 0 spiro atoms. The van der Waals surface area contributed by atoms with E-state index in [1.165, 1.54) is 0 Å². The van der Waals surface area contributed by atoms with Crippen LogP contribution >= 0.6 is 12.2 Å². The number of nitrogens with zero attached hydrogens (tertiary/aromatic N) is 3. The number of anilines is 2. The summed E-state index contributed by atoms with van der Waals surface area (Å²) in [6.07, 6.45) is 1.57. The molecule has 0 saturated heterocycles. The highest BCUT2D eigenvalue weighted by molar-refractivity contribution is 7.80. The molecule has 4 nitrogen and oxygen atoms in total. The zero-order valence-electron chi connectivity index (χ0n) is 11.5. The fraction of sp³-hybridized carbons (Fsp3) is 0.0625. The SMILES string of the molecule is CN(c1cccc(C(N)=S)c1)c1ncnc2ccccc12. The lowest BCUT2D eigenvalue weighted by Crippen LogP contribution is -2.14. The summed E-state index contributed by atoms with van der Waals surface area (Å²) < 4.78 is 0. The van der Waals surface area contributed by atoms with Gasteiger partial charge in [0.05, 0.1) is 5.52 Å². The fourth-order valence-corrected chi connectivity index (χ4v) is 2.37. The van der Waals surface area contributed by atoms with Gasteiger partial charge in [-0.1, -0.05) is 36.5 Å². The minimum Gasteiger partial charge on any atom is -0.389 e. The quantitative estimate of drug-likeness (QED) is 0.752. The molecule has 0 radical (unpaired) electrons. The van der Waals surface area contributed by atoms with Crippen LogP contribution in [0.4, 0.5) is 11.5 Å². The zero-order valence-corrected chi connectivity index (χ0v) is 12.3. The molecule has 0 atom stereocenters. The number of thiocarbonyl (C=S) groups is 1. The molecule has 0 aliphatic heterocycles. The number of para-hydroxylation sites is 1. The van der Waals surface area contributed by atoms with Gasteiger partial charge in [0, 0.05) is 23.7 Å². The Morgan fingerprint density at radius 1 is 1.10 bits per heavy atom. The summed E-state index contributed by atoms with van der Waals surface area (Å²) in [6, 6.07) is 15.7. The molecule has 0 bridgehead atoms. The lowest BCUT2D eigenvalue weighted by atomic mass is 10.1. The van der Waals surface area contributed by atoms with Gasteiger partial charge in [-0.2, -0.15) is 0 Å². The summed E-state index contributed by atoms with van der Waals surface area (Å²) in [5.41, 5.74) is 8.43. The van der Waals surface area contributed by atoms with Crippen LogP contribution < -0.4 is 10.6 Å². The van der Waals surface area contributed by atoms with Crippen LogP contribution in [0.5, 0.6) is 0 Å². The average Bonchev–Trinajstić information content (AvgIpc) is 2.53. The van der Waals surface area contributed by atoms with E-state index >= 15 is 0 Å². The van der Waals surface area contributed by atoms with Gasteiger partial charge >= 0.3 is 0 Å². The monoisotopic (exact) mass is 294 g/mol. The largest absolute Gasteiger partial charge is 0.389 e. The minimum absolute atomic E-state index is 0.387. The van der Waals surface area contributed by atoms with E-state index in [-0.39, 0.29) is 0 Å². The van der Waals surface area contributed by atoms with E-state index in [0.717, 1.165) is 28.0 Å². The van der Waals surface area contributed by atoms with Crippen LogP contribution in [0.25, 0.3) is 10.9 Å². The van der Waals surface area contributed by atoms with Crippen molar-refractivity contribution in [3.8, 4) is 0 Å². The second-order valence-corrected chi connectivity index (χ2v) is 5.13. The summed E-state index contributed by atoms with van der Waals surface area (Å²) in [7, 11) is 1.97. The second-order valence-electron chi connectivity index (χ2n) is 4.69. The molecule has 0 fully saturated rings. The number of hydrogen-bond acceptors (Lipinski definition) is 4. The molecule has 0 aliphatic carbocycles. The third kappa shape index (κ3) is 2.55. The van der Waals surface area contributed by atoms with Crippen molar-refractivity contribution in [2.45, 2.75) is 0 Å². The zero-order chi connectivity index (χ0) is 14.8. The molecule has 2 N–H and O–H groups in total. The van der Waals surface area contributed by atoms with E-state index in [1.54, 1.807) is 6.33 Å². The molecular formula is C16H14N4S. The van der Waals surface area contributed by atoms with Crippen molar-refractivity contribution >= 4 is 39.6 Å². The Morgan fingerprint density at radius 2 is 1.90 bits per heavy atom. The van der Waals surface area contributed by atoms with Crippen molar-refractivity contribution in [3.05, 3.63) is 60.4 Å². The van der Waals surface area contributed by atoms with Crippen LogP contribution in [0.2, 0.25) is 0 Å². The first kappa shape index (κ1) is 13.5. The maximum atomic E-state index is 5.70. The number of rotatable bonds is 3. The highest BCUT2D eigenvalue weighted by Crippen LogP contribution is 2.28. The third-order valence-corrected chi connectivity index (χ3v) is 3.59. The first-order valence-electron chi connectivity index (χ1n) is 6.50. The smallest absolute Gasteiger partial charge is 0.144 e. The first-order chi connectivity index (χ1) is 10.2. The molecule has 2 aromatic carbocycles. The Bertz CT molecular complexity index is 811. The Balaban J connectivity index is 2.10. The summed E-state index contributed by atoms with van der Waals surface area (Å²) in [5.74, 6) is 0.848. The van der Waals surface area contributed by atoms with Gasteiger partial charge in [0.2, 0.25) is 0 Å². The minimum atomic E-state index is 0.387. The van der Waals surface area contributed by atoms with Crippen molar-refractivity contribution in [3.63, 3.8) is 0 Å². The van der Waals surface area contributed by atoms with Gasteiger partial charge in [0.1, 0.15) is 17.1 Å². The molecule has 0 aliphatic rings. The number of hydrogen-bond donors (Lipinski definition) is 1. The predicted molar refractivity (Wildman–Crippen MR) is 89.9 cm³/mol. The molecule has 0 saturated carbocycles. The molecule has 1 aromatic heterocycles. The van der Waals surface area contributed by atoms with E-state index in [9.17, 15) is 0 Å². The van der Waals surface area contributed by atoms with Crippen molar-refractivity contribution in [2.75, 3.05) is 11.9 Å². The van der Waals surface area contributed by atoms with Crippen LogP contribution in [0, 0.1) is 0 Å². The molecule has 0 unspecified atom stereocenters. The molecule has 5 heteroatoms. The summed E-state index contributed by atoms with van der Waals surface area (Å²) >= 11 is 5.04. The van der Waals surface area contributed by atoms with Crippen LogP contribution in [-0.2, 0) is 0 Å². The maximum Gasteiger partial charge on any atom is 0.144 e. The van der Waals surface area contributed by atoms with E-state index < -0.39 is 0 Å². The van der Waals surface area contributed by atoms with Crippen molar-refractivity contribution in [1.29, 1.82) is 0 Å². The van der Waals surface area contributed by atoms with Crippen LogP contribution in [0.3, 0.4) is 0 Å². The Morgan fingerprint density at radius 3 is 2.71 bits per heavy atom. The third-order valence-electron chi connectivity index (χ3n) is 3.36. The van der Waals surface area contributed by atoms with E-state index in [1.807, 2.05) is 60.5 Å². The maximum absolute atomic E-state index is 5.70. The van der Waals surface area contributed by atoms with Gasteiger partial charge in [-0.3, -0.25) is 0 Å². The van der Waals surface area contributed by atoms with Gasteiger partial charge in [0.25, 0.3) is 0 Å². The normalized spacial score (nSPS) is 10.5. The molecule has 3 aromatic rings. The van der Waals surface area contributed by atoms with Crippen LogP contribution in [0.15, 0.2) is 54.9 Å².